The Kier molecular flexibility index (Phi) is 3.89. The van der Waals surface area contributed by atoms with Gasteiger partial charge >= 0.3 is 0 Å². The predicted molar refractivity (Wildman–Crippen MR) is 59.1 cm³/mol. The van der Waals surface area contributed by atoms with Crippen molar-refractivity contribution in [3.63, 3.8) is 0 Å². The number of hydrogen-bond donors (Lipinski definition) is 1. The van der Waals surface area contributed by atoms with Gasteiger partial charge in [-0.3, -0.25) is 0 Å². The van der Waals surface area contributed by atoms with Gasteiger partial charge in [0.05, 0.1) is 12.0 Å². The Balaban J connectivity index is 2.58. The molecule has 0 saturated heterocycles. The van der Waals surface area contributed by atoms with Crippen LogP contribution >= 0.6 is 0 Å². The maximum atomic E-state index is 4.14. The molecule has 0 radical (unpaired) electrons. The maximum absolute atomic E-state index is 4.14. The normalized spacial score (nSPS) is 13.1. The zero-order chi connectivity index (χ0) is 10.6. The van der Waals surface area contributed by atoms with E-state index in [1.165, 1.54) is 5.69 Å². The highest BCUT2D eigenvalue weighted by Crippen LogP contribution is 2.08. The zero-order valence-electron chi connectivity index (χ0n) is 9.20. The second-order valence-corrected chi connectivity index (χ2v) is 3.79. The first-order chi connectivity index (χ1) is 6.65. The van der Waals surface area contributed by atoms with E-state index in [1.54, 1.807) is 0 Å². The number of imidazole rings is 1. The van der Waals surface area contributed by atoms with Crippen LogP contribution < -0.4 is 5.32 Å². The molecular formula is C11H19N3. The van der Waals surface area contributed by atoms with Crippen LogP contribution in [0.5, 0.6) is 0 Å². The number of rotatable bonds is 5. The molecule has 0 aromatic carbocycles. The van der Waals surface area contributed by atoms with E-state index in [9.17, 15) is 0 Å². The van der Waals surface area contributed by atoms with Crippen molar-refractivity contribution in [1.82, 2.24) is 14.9 Å². The van der Waals surface area contributed by atoms with Crippen molar-refractivity contribution >= 4 is 0 Å². The first-order valence-corrected chi connectivity index (χ1v) is 5.01. The molecule has 3 heteroatoms. The number of hydrogen-bond acceptors (Lipinski definition) is 2. The van der Waals surface area contributed by atoms with Gasteiger partial charge in [0.15, 0.2) is 0 Å². The first kappa shape index (κ1) is 11.0. The van der Waals surface area contributed by atoms with Crippen LogP contribution in [0.2, 0.25) is 0 Å². The Bertz CT molecular complexity index is 288. The third kappa shape index (κ3) is 2.70. The molecule has 1 rings (SSSR count). The minimum atomic E-state index is 0.338. The summed E-state index contributed by atoms with van der Waals surface area (Å²) in [5, 5.41) is 3.35. The van der Waals surface area contributed by atoms with Gasteiger partial charge in [0.2, 0.25) is 0 Å². The molecular weight excluding hydrogens is 174 g/mol. The van der Waals surface area contributed by atoms with Crippen molar-refractivity contribution in [2.75, 3.05) is 0 Å². The first-order valence-electron chi connectivity index (χ1n) is 5.01. The van der Waals surface area contributed by atoms with Gasteiger partial charge in [-0.1, -0.05) is 6.08 Å². The Labute approximate surface area is 85.8 Å². The van der Waals surface area contributed by atoms with Gasteiger partial charge < -0.3 is 9.88 Å². The monoisotopic (exact) mass is 193 g/mol. The quantitative estimate of drug-likeness (QED) is 0.726. The average molecular weight is 193 g/mol. The van der Waals surface area contributed by atoms with Gasteiger partial charge in [0, 0.05) is 24.8 Å². The minimum absolute atomic E-state index is 0.338. The molecule has 1 aromatic heterocycles. The van der Waals surface area contributed by atoms with Crippen LogP contribution in [0.15, 0.2) is 25.2 Å². The molecule has 1 heterocycles. The zero-order valence-corrected chi connectivity index (χ0v) is 9.20. The summed E-state index contributed by atoms with van der Waals surface area (Å²) in [5.74, 6) is 0. The van der Waals surface area contributed by atoms with Crippen molar-refractivity contribution in [1.29, 1.82) is 0 Å². The van der Waals surface area contributed by atoms with Crippen molar-refractivity contribution in [3.05, 3.63) is 30.9 Å². The van der Waals surface area contributed by atoms with Crippen LogP contribution in [0.3, 0.4) is 0 Å². The average Bonchev–Trinajstić information content (AvgIpc) is 2.62. The Morgan fingerprint density at radius 3 is 2.86 bits per heavy atom. The molecule has 0 saturated carbocycles. The fourth-order valence-electron chi connectivity index (χ4n) is 1.28. The second kappa shape index (κ2) is 4.96. The lowest BCUT2D eigenvalue weighted by Crippen LogP contribution is -2.24. The lowest BCUT2D eigenvalue weighted by molar-refractivity contribution is 0.539. The molecule has 1 unspecified atom stereocenters. The molecule has 0 fully saturated rings. The van der Waals surface area contributed by atoms with Crippen molar-refractivity contribution in [3.8, 4) is 0 Å². The van der Waals surface area contributed by atoms with Crippen molar-refractivity contribution in [2.45, 2.75) is 39.4 Å². The fourth-order valence-corrected chi connectivity index (χ4v) is 1.28. The Hall–Kier alpha value is -1.09. The van der Waals surface area contributed by atoms with Crippen LogP contribution in [-0.2, 0) is 6.54 Å². The molecule has 1 atom stereocenters. The smallest absolute Gasteiger partial charge is 0.0951 e. The van der Waals surface area contributed by atoms with Crippen LogP contribution in [0, 0.1) is 0 Å². The van der Waals surface area contributed by atoms with E-state index in [0.717, 1.165) is 6.54 Å². The third-order valence-electron chi connectivity index (χ3n) is 2.26. The van der Waals surface area contributed by atoms with E-state index in [4.69, 9.17) is 0 Å². The van der Waals surface area contributed by atoms with Gasteiger partial charge in [-0.2, -0.15) is 0 Å². The largest absolute Gasteiger partial charge is 0.331 e. The van der Waals surface area contributed by atoms with E-state index in [1.807, 2.05) is 18.6 Å². The molecule has 0 aliphatic carbocycles. The van der Waals surface area contributed by atoms with Crippen LogP contribution in [0.4, 0.5) is 0 Å². The highest BCUT2D eigenvalue weighted by atomic mass is 15.1. The van der Waals surface area contributed by atoms with Crippen molar-refractivity contribution in [2.24, 2.45) is 0 Å². The van der Waals surface area contributed by atoms with E-state index < -0.39 is 0 Å². The molecule has 1 N–H and O–H groups in total. The lowest BCUT2D eigenvalue weighted by atomic mass is 10.3. The highest BCUT2D eigenvalue weighted by molar-refractivity contribution is 5.00. The summed E-state index contributed by atoms with van der Waals surface area (Å²) in [6, 6.07) is 0.804. The van der Waals surface area contributed by atoms with Gasteiger partial charge in [0.25, 0.3) is 0 Å². The van der Waals surface area contributed by atoms with E-state index >= 15 is 0 Å². The number of nitrogens with zero attached hydrogens (tertiary/aromatic N) is 2. The van der Waals surface area contributed by atoms with E-state index in [0.29, 0.717) is 12.1 Å². The van der Waals surface area contributed by atoms with E-state index in [2.05, 4.69) is 42.2 Å². The molecule has 0 aliphatic heterocycles. The summed E-state index contributed by atoms with van der Waals surface area (Å²) in [6.07, 6.45) is 5.68. The topological polar surface area (TPSA) is 29.9 Å². The second-order valence-electron chi connectivity index (χ2n) is 3.79. The molecule has 0 bridgehead atoms. The molecule has 14 heavy (non-hydrogen) atoms. The maximum Gasteiger partial charge on any atom is 0.0951 e. The third-order valence-corrected chi connectivity index (χ3v) is 2.26. The molecule has 0 spiro atoms. The van der Waals surface area contributed by atoms with Crippen molar-refractivity contribution < 1.29 is 0 Å². The highest BCUT2D eigenvalue weighted by Gasteiger charge is 2.05. The summed E-state index contributed by atoms with van der Waals surface area (Å²) in [6.45, 7) is 11.0. The standard InChI is InChI=1S/C11H19N3/c1-5-10(4)13-7-11-6-12-8-14(11)9(2)3/h5-6,8-10,13H,1,7H2,2-4H3. The fraction of sp³-hybridized carbons (Fsp3) is 0.545. The summed E-state index contributed by atoms with van der Waals surface area (Å²) in [4.78, 5) is 4.14. The molecule has 1 aromatic rings. The van der Waals surface area contributed by atoms with E-state index in [-0.39, 0.29) is 0 Å². The van der Waals surface area contributed by atoms with Gasteiger partial charge in [-0.05, 0) is 20.8 Å². The van der Waals surface area contributed by atoms with Gasteiger partial charge in [-0.25, -0.2) is 4.98 Å². The van der Waals surface area contributed by atoms with Crippen LogP contribution in [-0.4, -0.2) is 15.6 Å². The lowest BCUT2D eigenvalue weighted by Gasteiger charge is -2.13. The number of nitrogens with one attached hydrogen (secondary N) is 1. The SMILES string of the molecule is C=CC(C)NCc1cncn1C(C)C. The van der Waals surface area contributed by atoms with Gasteiger partial charge in [-0.15, -0.1) is 6.58 Å². The predicted octanol–water partition coefficient (Wildman–Crippen LogP) is 2.13. The molecule has 0 amide bonds. The summed E-state index contributed by atoms with van der Waals surface area (Å²) in [7, 11) is 0. The summed E-state index contributed by atoms with van der Waals surface area (Å²) >= 11 is 0. The Morgan fingerprint density at radius 1 is 1.57 bits per heavy atom. The van der Waals surface area contributed by atoms with Gasteiger partial charge in [0.1, 0.15) is 0 Å². The molecule has 0 aliphatic rings. The summed E-state index contributed by atoms with van der Waals surface area (Å²) < 4.78 is 2.17. The molecule has 3 nitrogen and oxygen atoms in total. The Morgan fingerprint density at radius 2 is 2.29 bits per heavy atom. The molecule has 78 valence electrons. The van der Waals surface area contributed by atoms with Crippen LogP contribution in [0.1, 0.15) is 32.5 Å². The van der Waals surface area contributed by atoms with Crippen LogP contribution in [0.25, 0.3) is 0 Å². The number of aromatic nitrogens is 2. The minimum Gasteiger partial charge on any atom is -0.331 e. The summed E-state index contributed by atoms with van der Waals surface area (Å²) in [5.41, 5.74) is 1.22.